The van der Waals surface area contributed by atoms with Gasteiger partial charge in [0.1, 0.15) is 25.4 Å². The summed E-state index contributed by atoms with van der Waals surface area (Å²) in [6.07, 6.45) is 5.23. The zero-order valence-electron chi connectivity index (χ0n) is 18.2. The molecule has 7 nitrogen and oxygen atoms in total. The van der Waals surface area contributed by atoms with E-state index in [1.165, 1.54) is 0 Å². The highest BCUT2D eigenvalue weighted by atomic mass is 16.6. The molecule has 0 bridgehead atoms. The Hall–Kier alpha value is -3.74. The molecule has 3 aromatic heterocycles. The normalized spacial score (nSPS) is 14.7. The molecule has 0 aliphatic carbocycles. The van der Waals surface area contributed by atoms with Gasteiger partial charge in [-0.25, -0.2) is 15.0 Å². The van der Waals surface area contributed by atoms with E-state index in [-0.39, 0.29) is 5.92 Å². The molecule has 162 valence electrons. The number of hydrogen-bond donors (Lipinski definition) is 1. The van der Waals surface area contributed by atoms with Gasteiger partial charge in [0.2, 0.25) is 0 Å². The number of hydrogen-bond acceptors (Lipinski definition) is 7. The molecule has 1 aliphatic rings. The van der Waals surface area contributed by atoms with E-state index >= 15 is 0 Å². The molecule has 2 unspecified atom stereocenters. The lowest BCUT2D eigenvalue weighted by Crippen LogP contribution is -2.21. The molecule has 0 saturated carbocycles. The average Bonchev–Trinajstić information content (AvgIpc) is 2.86. The van der Waals surface area contributed by atoms with Gasteiger partial charge in [0.15, 0.2) is 5.75 Å². The predicted molar refractivity (Wildman–Crippen MR) is 124 cm³/mol. The summed E-state index contributed by atoms with van der Waals surface area (Å²) < 4.78 is 11.5. The second kappa shape index (κ2) is 8.78. The molecule has 1 N–H and O–H groups in total. The van der Waals surface area contributed by atoms with E-state index in [9.17, 15) is 0 Å². The number of aromatic nitrogens is 4. The van der Waals surface area contributed by atoms with Crippen LogP contribution in [-0.2, 0) is 0 Å². The van der Waals surface area contributed by atoms with Crippen LogP contribution in [0.25, 0.3) is 22.2 Å². The summed E-state index contributed by atoms with van der Waals surface area (Å²) in [5.41, 5.74) is 3.90. The van der Waals surface area contributed by atoms with Gasteiger partial charge in [0.25, 0.3) is 5.88 Å². The molecule has 0 saturated heterocycles. The highest BCUT2D eigenvalue weighted by Crippen LogP contribution is 2.38. The van der Waals surface area contributed by atoms with E-state index in [4.69, 9.17) is 9.47 Å². The standard InChI is InChI=1S/C25H25N5O2/c1-16(17(2)20-7-8-26-25-24(20)31-9-10-32-25)13-28-23-12-22(29-15-30-23)19-11-18-5-3-4-6-21(18)27-14-19/h3-8,11-12,14-17H,9-10,13H2,1-2H3,(H,28,29,30). The third-order valence-corrected chi connectivity index (χ3v) is 5.97. The fraction of sp³-hybridized carbons (Fsp3) is 0.280. The summed E-state index contributed by atoms with van der Waals surface area (Å²) >= 11 is 0. The molecule has 32 heavy (non-hydrogen) atoms. The van der Waals surface area contributed by atoms with Crippen molar-refractivity contribution in [3.8, 4) is 22.9 Å². The predicted octanol–water partition coefficient (Wildman–Crippen LogP) is 4.71. The Kier molecular flexibility index (Phi) is 5.54. The van der Waals surface area contributed by atoms with Gasteiger partial charge >= 0.3 is 0 Å². The Balaban J connectivity index is 1.30. The summed E-state index contributed by atoms with van der Waals surface area (Å²) in [6.45, 7) is 6.26. The Labute approximate surface area is 186 Å². The van der Waals surface area contributed by atoms with E-state index < -0.39 is 0 Å². The van der Waals surface area contributed by atoms with Crippen LogP contribution >= 0.6 is 0 Å². The zero-order valence-corrected chi connectivity index (χ0v) is 18.2. The molecule has 0 spiro atoms. The topological polar surface area (TPSA) is 82.1 Å². The monoisotopic (exact) mass is 427 g/mol. The molecule has 4 heterocycles. The van der Waals surface area contributed by atoms with Gasteiger partial charge < -0.3 is 14.8 Å². The number of ether oxygens (including phenoxy) is 2. The number of fused-ring (bicyclic) bond motifs is 2. The van der Waals surface area contributed by atoms with Crippen molar-refractivity contribution >= 4 is 16.7 Å². The number of rotatable bonds is 6. The highest BCUT2D eigenvalue weighted by Gasteiger charge is 2.24. The minimum absolute atomic E-state index is 0.256. The number of benzene rings is 1. The molecule has 4 aromatic rings. The van der Waals surface area contributed by atoms with Crippen LogP contribution in [0, 0.1) is 5.92 Å². The second-order valence-corrected chi connectivity index (χ2v) is 8.08. The summed E-state index contributed by atoms with van der Waals surface area (Å²) in [5, 5.41) is 4.55. The van der Waals surface area contributed by atoms with Gasteiger partial charge in [-0.3, -0.25) is 4.98 Å². The van der Waals surface area contributed by atoms with Gasteiger partial charge in [-0.15, -0.1) is 0 Å². The molecule has 1 aromatic carbocycles. The maximum Gasteiger partial charge on any atom is 0.257 e. The van der Waals surface area contributed by atoms with E-state index in [0.29, 0.717) is 25.0 Å². The van der Waals surface area contributed by atoms with Crippen molar-refractivity contribution in [2.24, 2.45) is 5.92 Å². The molecule has 0 amide bonds. The third kappa shape index (κ3) is 4.06. The van der Waals surface area contributed by atoms with E-state index in [0.717, 1.165) is 45.8 Å². The first kappa shape index (κ1) is 20.2. The lowest BCUT2D eigenvalue weighted by molar-refractivity contribution is 0.161. The Morgan fingerprint density at radius 1 is 0.969 bits per heavy atom. The van der Waals surface area contributed by atoms with Gasteiger partial charge in [-0.2, -0.15) is 0 Å². The second-order valence-electron chi connectivity index (χ2n) is 8.08. The van der Waals surface area contributed by atoms with Crippen molar-refractivity contribution < 1.29 is 9.47 Å². The summed E-state index contributed by atoms with van der Waals surface area (Å²) in [5.74, 6) is 2.73. The Morgan fingerprint density at radius 3 is 2.78 bits per heavy atom. The third-order valence-electron chi connectivity index (χ3n) is 5.97. The first-order valence-electron chi connectivity index (χ1n) is 10.8. The minimum Gasteiger partial charge on any atom is -0.484 e. The maximum atomic E-state index is 5.85. The van der Waals surface area contributed by atoms with Gasteiger partial charge in [-0.1, -0.05) is 32.0 Å². The van der Waals surface area contributed by atoms with Crippen LogP contribution in [0.15, 0.2) is 61.2 Å². The number of para-hydroxylation sites is 1. The Bertz CT molecular complexity index is 1250. The quantitative estimate of drug-likeness (QED) is 0.477. The van der Waals surface area contributed by atoms with Crippen LogP contribution < -0.4 is 14.8 Å². The molecule has 5 rings (SSSR count). The fourth-order valence-electron chi connectivity index (χ4n) is 3.90. The molecule has 0 fully saturated rings. The first-order valence-corrected chi connectivity index (χ1v) is 10.8. The van der Waals surface area contributed by atoms with E-state index in [1.807, 2.05) is 36.5 Å². The average molecular weight is 428 g/mol. The van der Waals surface area contributed by atoms with Crippen molar-refractivity contribution in [2.75, 3.05) is 25.1 Å². The minimum atomic E-state index is 0.256. The van der Waals surface area contributed by atoms with Crippen LogP contribution in [0.3, 0.4) is 0 Å². The lowest BCUT2D eigenvalue weighted by atomic mass is 9.88. The van der Waals surface area contributed by atoms with Gasteiger partial charge in [0, 0.05) is 41.5 Å². The van der Waals surface area contributed by atoms with Crippen LogP contribution in [0.4, 0.5) is 5.82 Å². The SMILES string of the molecule is CC(CNc1cc(-c2cnc3ccccc3c2)ncn1)C(C)c1ccnc2c1OCCO2. The first-order chi connectivity index (χ1) is 15.7. The van der Waals surface area contributed by atoms with Gasteiger partial charge in [0.05, 0.1) is 11.2 Å². The smallest absolute Gasteiger partial charge is 0.257 e. The van der Waals surface area contributed by atoms with E-state index in [1.54, 1.807) is 12.5 Å². The molecule has 7 heteroatoms. The van der Waals surface area contributed by atoms with Crippen LogP contribution in [0.1, 0.15) is 25.3 Å². The summed E-state index contributed by atoms with van der Waals surface area (Å²) in [7, 11) is 0. The highest BCUT2D eigenvalue weighted by molar-refractivity contribution is 5.83. The molecular formula is C25H25N5O2. The number of pyridine rings is 2. The van der Waals surface area contributed by atoms with Gasteiger partial charge in [-0.05, 0) is 30.0 Å². The summed E-state index contributed by atoms with van der Waals surface area (Å²) in [6, 6.07) is 14.2. The fourth-order valence-corrected chi connectivity index (χ4v) is 3.90. The number of nitrogens with one attached hydrogen (secondary N) is 1. The molecular weight excluding hydrogens is 402 g/mol. The van der Waals surface area contributed by atoms with Crippen LogP contribution in [0.2, 0.25) is 0 Å². The number of nitrogens with zero attached hydrogens (tertiary/aromatic N) is 4. The van der Waals surface area contributed by atoms with Crippen molar-refractivity contribution in [1.82, 2.24) is 19.9 Å². The number of anilines is 1. The van der Waals surface area contributed by atoms with E-state index in [2.05, 4.69) is 51.2 Å². The van der Waals surface area contributed by atoms with Crippen LogP contribution in [0.5, 0.6) is 11.6 Å². The Morgan fingerprint density at radius 2 is 1.84 bits per heavy atom. The summed E-state index contributed by atoms with van der Waals surface area (Å²) in [4.78, 5) is 17.7. The van der Waals surface area contributed by atoms with Crippen molar-refractivity contribution in [3.63, 3.8) is 0 Å². The molecule has 0 radical (unpaired) electrons. The zero-order chi connectivity index (χ0) is 21.9. The lowest BCUT2D eigenvalue weighted by Gasteiger charge is -2.26. The van der Waals surface area contributed by atoms with Crippen LogP contribution in [-0.4, -0.2) is 39.7 Å². The van der Waals surface area contributed by atoms with Crippen molar-refractivity contribution in [1.29, 1.82) is 0 Å². The van der Waals surface area contributed by atoms with Crippen molar-refractivity contribution in [3.05, 3.63) is 66.7 Å². The largest absolute Gasteiger partial charge is 0.484 e. The van der Waals surface area contributed by atoms with Crippen molar-refractivity contribution in [2.45, 2.75) is 19.8 Å². The maximum absolute atomic E-state index is 5.85. The molecule has 1 aliphatic heterocycles. The molecule has 2 atom stereocenters.